The van der Waals surface area contributed by atoms with Crippen LogP contribution in [0.3, 0.4) is 0 Å². The van der Waals surface area contributed by atoms with E-state index >= 15 is 0 Å². The van der Waals surface area contributed by atoms with Crippen LogP contribution in [-0.4, -0.2) is 48.2 Å². The van der Waals surface area contributed by atoms with Gasteiger partial charge in [-0.2, -0.15) is 4.98 Å². The Morgan fingerprint density at radius 3 is 2.16 bits per heavy atom. The fourth-order valence-corrected chi connectivity index (χ4v) is 4.27. The summed E-state index contributed by atoms with van der Waals surface area (Å²) < 4.78 is 16.9. The molecule has 0 radical (unpaired) electrons. The van der Waals surface area contributed by atoms with Crippen molar-refractivity contribution >= 4 is 55.5 Å². The molecule has 1 amide bonds. The first-order chi connectivity index (χ1) is 12.0. The summed E-state index contributed by atoms with van der Waals surface area (Å²) in [7, 11) is 4.44. The molecule has 0 aliphatic carbocycles. The van der Waals surface area contributed by atoms with Crippen molar-refractivity contribution in [2.24, 2.45) is 0 Å². The summed E-state index contributed by atoms with van der Waals surface area (Å²) in [6.07, 6.45) is 0. The molecule has 0 aliphatic rings. The van der Waals surface area contributed by atoms with Crippen molar-refractivity contribution < 1.29 is 19.0 Å². The topological polar surface area (TPSA) is 98.4 Å². The lowest BCUT2D eigenvalue weighted by Gasteiger charge is -2.18. The van der Waals surface area contributed by atoms with Crippen LogP contribution >= 0.6 is 43.6 Å². The molecule has 2 N–H and O–H groups in total. The number of nitrogens with one attached hydrogen (secondary N) is 2. The molecule has 11 heteroatoms. The second-order valence-electron chi connectivity index (χ2n) is 4.46. The lowest BCUT2D eigenvalue weighted by atomic mass is 10.1. The number of H-pyrrole nitrogens is 1. The number of aromatic amines is 1. The number of nitrogens with zero attached hydrogens (tertiary/aromatic N) is 2. The number of hydrogen-bond acceptors (Lipinski definition) is 7. The zero-order chi connectivity index (χ0) is 18.6. The number of amides is 1. The van der Waals surface area contributed by atoms with E-state index in [4.69, 9.17) is 14.2 Å². The van der Waals surface area contributed by atoms with Gasteiger partial charge < -0.3 is 14.2 Å². The molecule has 0 aliphatic heterocycles. The van der Waals surface area contributed by atoms with Crippen molar-refractivity contribution in [3.05, 3.63) is 14.5 Å². The fraction of sp³-hybridized carbons (Fsp3) is 0.357. The third-order valence-electron chi connectivity index (χ3n) is 3.06. The zero-order valence-electron chi connectivity index (χ0n) is 13.9. The first kappa shape index (κ1) is 19.9. The van der Waals surface area contributed by atoms with Crippen LogP contribution in [0.5, 0.6) is 17.2 Å². The lowest BCUT2D eigenvalue weighted by molar-refractivity contribution is 0.102. The van der Waals surface area contributed by atoms with E-state index in [-0.39, 0.29) is 11.5 Å². The average molecular weight is 496 g/mol. The molecular formula is C14H16Br2N4O4S. The van der Waals surface area contributed by atoms with Gasteiger partial charge >= 0.3 is 0 Å². The summed E-state index contributed by atoms with van der Waals surface area (Å²) in [6, 6.07) is 0. The second-order valence-corrected chi connectivity index (χ2v) is 7.27. The number of anilines is 1. The van der Waals surface area contributed by atoms with Crippen molar-refractivity contribution in [2.75, 3.05) is 32.4 Å². The average Bonchev–Trinajstić information content (AvgIpc) is 3.01. The molecule has 0 atom stereocenters. The van der Waals surface area contributed by atoms with Crippen LogP contribution in [-0.2, 0) is 0 Å². The molecule has 136 valence electrons. The summed E-state index contributed by atoms with van der Waals surface area (Å²) in [5.41, 5.74) is 0.274. The maximum atomic E-state index is 12.7. The van der Waals surface area contributed by atoms with Gasteiger partial charge in [0.05, 0.1) is 35.8 Å². The second kappa shape index (κ2) is 8.77. The Labute approximate surface area is 165 Å². The minimum absolute atomic E-state index is 0.244. The van der Waals surface area contributed by atoms with Gasteiger partial charge in [0.1, 0.15) is 0 Å². The highest BCUT2D eigenvalue weighted by Gasteiger charge is 2.28. The first-order valence-corrected chi connectivity index (χ1v) is 9.59. The molecule has 25 heavy (non-hydrogen) atoms. The Morgan fingerprint density at radius 1 is 1.12 bits per heavy atom. The largest absolute Gasteiger partial charge is 0.492 e. The van der Waals surface area contributed by atoms with Gasteiger partial charge in [0, 0.05) is 0 Å². The molecule has 1 heterocycles. The van der Waals surface area contributed by atoms with E-state index in [1.54, 1.807) is 0 Å². The Balaban J connectivity index is 2.44. The Hall–Kier alpha value is -1.46. The van der Waals surface area contributed by atoms with Crippen molar-refractivity contribution in [3.63, 3.8) is 0 Å². The van der Waals surface area contributed by atoms with E-state index in [9.17, 15) is 4.79 Å². The predicted octanol–water partition coefficient (Wildman–Crippen LogP) is 3.72. The fourth-order valence-electron chi connectivity index (χ4n) is 2.04. The SMILES string of the molecule is CCSc1n[nH]c(NC(=O)c2c(Br)c(OC)c(OC)c(OC)c2Br)n1. The summed E-state index contributed by atoms with van der Waals surface area (Å²) >= 11 is 8.24. The molecule has 0 saturated carbocycles. The van der Waals surface area contributed by atoms with Gasteiger partial charge in [0.25, 0.3) is 5.91 Å². The van der Waals surface area contributed by atoms with Crippen molar-refractivity contribution in [2.45, 2.75) is 12.1 Å². The molecule has 0 fully saturated rings. The van der Waals surface area contributed by atoms with E-state index in [1.807, 2.05) is 6.92 Å². The Kier molecular flexibility index (Phi) is 6.96. The van der Waals surface area contributed by atoms with Crippen LogP contribution in [0.15, 0.2) is 14.1 Å². The third kappa shape index (κ3) is 4.04. The molecular weight excluding hydrogens is 480 g/mol. The van der Waals surface area contributed by atoms with Gasteiger partial charge in [-0.05, 0) is 37.6 Å². The summed E-state index contributed by atoms with van der Waals surface area (Å²) in [6.45, 7) is 1.99. The number of aromatic nitrogens is 3. The molecule has 1 aromatic heterocycles. The van der Waals surface area contributed by atoms with Gasteiger partial charge in [-0.1, -0.05) is 18.7 Å². The van der Waals surface area contributed by atoms with Gasteiger partial charge in [0.2, 0.25) is 16.9 Å². The van der Waals surface area contributed by atoms with Crippen LogP contribution in [0.25, 0.3) is 0 Å². The number of benzene rings is 1. The number of carbonyl (C=O) groups excluding carboxylic acids is 1. The van der Waals surface area contributed by atoms with E-state index in [0.29, 0.717) is 31.4 Å². The number of carbonyl (C=O) groups is 1. The number of rotatable bonds is 7. The highest BCUT2D eigenvalue weighted by Crippen LogP contribution is 2.50. The van der Waals surface area contributed by atoms with Gasteiger partial charge in [-0.3, -0.25) is 10.1 Å². The Morgan fingerprint density at radius 2 is 1.68 bits per heavy atom. The highest BCUT2D eigenvalue weighted by molar-refractivity contribution is 9.11. The smallest absolute Gasteiger partial charge is 0.260 e. The summed E-state index contributed by atoms with van der Waals surface area (Å²) in [5, 5.41) is 9.91. The number of halogens is 2. The first-order valence-electron chi connectivity index (χ1n) is 7.01. The predicted molar refractivity (Wildman–Crippen MR) is 102 cm³/mol. The molecule has 1 aromatic carbocycles. The van der Waals surface area contributed by atoms with Gasteiger partial charge in [-0.25, -0.2) is 5.10 Å². The molecule has 8 nitrogen and oxygen atoms in total. The zero-order valence-corrected chi connectivity index (χ0v) is 17.9. The number of thioether (sulfide) groups is 1. The van der Waals surface area contributed by atoms with Gasteiger partial charge in [0.15, 0.2) is 11.5 Å². The van der Waals surface area contributed by atoms with E-state index < -0.39 is 5.91 Å². The van der Waals surface area contributed by atoms with Gasteiger partial charge in [-0.15, -0.1) is 5.10 Å². The summed E-state index contributed by atoms with van der Waals surface area (Å²) in [4.78, 5) is 16.9. The lowest BCUT2D eigenvalue weighted by Crippen LogP contribution is -2.16. The maximum Gasteiger partial charge on any atom is 0.260 e. The van der Waals surface area contributed by atoms with Crippen molar-refractivity contribution in [3.8, 4) is 17.2 Å². The van der Waals surface area contributed by atoms with Crippen LogP contribution in [0, 0.1) is 0 Å². The standard InChI is InChI=1S/C14H16Br2N4O4S/c1-5-25-14-18-13(19-20-14)17-12(21)6-7(15)9(22-2)11(24-4)10(23-3)8(6)16/h5H2,1-4H3,(H2,17,18,19,20,21). The molecule has 0 unspecified atom stereocenters. The van der Waals surface area contributed by atoms with Crippen LogP contribution in [0.2, 0.25) is 0 Å². The van der Waals surface area contributed by atoms with E-state index in [1.165, 1.54) is 33.1 Å². The normalized spacial score (nSPS) is 10.5. The minimum Gasteiger partial charge on any atom is -0.492 e. The maximum absolute atomic E-state index is 12.7. The summed E-state index contributed by atoms with van der Waals surface area (Å²) in [5.74, 6) is 1.69. The van der Waals surface area contributed by atoms with Crippen LogP contribution in [0.4, 0.5) is 5.95 Å². The molecule has 0 spiro atoms. The number of methoxy groups -OCH3 is 3. The van der Waals surface area contributed by atoms with Crippen LogP contribution < -0.4 is 19.5 Å². The van der Waals surface area contributed by atoms with Crippen LogP contribution in [0.1, 0.15) is 17.3 Å². The quantitative estimate of drug-likeness (QED) is 0.564. The molecule has 0 saturated heterocycles. The van der Waals surface area contributed by atoms with Crippen molar-refractivity contribution in [1.29, 1.82) is 0 Å². The monoisotopic (exact) mass is 494 g/mol. The third-order valence-corrected chi connectivity index (χ3v) is 5.30. The van der Waals surface area contributed by atoms with Crippen molar-refractivity contribution in [1.82, 2.24) is 15.2 Å². The molecule has 0 bridgehead atoms. The Bertz CT molecular complexity index is 753. The number of ether oxygens (including phenoxy) is 3. The molecule has 2 aromatic rings. The number of hydrogen-bond donors (Lipinski definition) is 2. The minimum atomic E-state index is -0.429. The molecule has 2 rings (SSSR count). The highest BCUT2D eigenvalue weighted by atomic mass is 79.9. The van der Waals surface area contributed by atoms with E-state index in [0.717, 1.165) is 5.75 Å². The van der Waals surface area contributed by atoms with E-state index in [2.05, 4.69) is 52.4 Å².